The summed E-state index contributed by atoms with van der Waals surface area (Å²) in [5.74, 6) is -0.762. The van der Waals surface area contributed by atoms with Crippen LogP contribution in [0.4, 0.5) is 14.5 Å². The molecule has 3 aliphatic rings. The van der Waals surface area contributed by atoms with E-state index in [1.165, 1.54) is 37.5 Å². The van der Waals surface area contributed by atoms with E-state index in [4.69, 9.17) is 0 Å². The summed E-state index contributed by atoms with van der Waals surface area (Å²) in [6, 6.07) is 8.98. The molecule has 1 amide bonds. The van der Waals surface area contributed by atoms with Crippen molar-refractivity contribution in [3.63, 3.8) is 0 Å². The summed E-state index contributed by atoms with van der Waals surface area (Å²) in [6.07, 6.45) is 7.34. The number of H-pyrrole nitrogens is 1. The molecular formula is C32H37F2N5O2. The molecule has 1 unspecified atom stereocenters. The lowest BCUT2D eigenvalue weighted by Crippen LogP contribution is -2.41. The summed E-state index contributed by atoms with van der Waals surface area (Å²) in [5, 5.41) is 17.9. The average molecular weight is 562 g/mol. The number of fused-ring (bicyclic) bond motifs is 2. The zero-order valence-electron chi connectivity index (χ0n) is 23.4. The molecule has 3 aromatic rings. The Morgan fingerprint density at radius 3 is 2.61 bits per heavy atom. The fourth-order valence-electron chi connectivity index (χ4n) is 6.31. The van der Waals surface area contributed by atoms with Crippen molar-refractivity contribution in [3.05, 3.63) is 76.0 Å². The number of rotatable bonds is 7. The number of benzene rings is 2. The standard InChI is InChI=1S/C32H37F2N5O2/c1-20-27(36-26-6-5-13-39(32(41)30(20)26)15-14-38-11-3-2-4-12-38)17-24-23-16-25(34)29(18-28(23)37-31(24)40)35-19-21-7-9-22(33)10-8-21/h7-10,16-18,26,35-37,40H,2-6,11-15,19H2,1H3. The molecule has 0 saturated carbocycles. The van der Waals surface area contributed by atoms with Gasteiger partial charge in [-0.2, -0.15) is 0 Å². The normalized spacial score (nSPS) is 21.0. The number of hydrogen-bond acceptors (Lipinski definition) is 5. The lowest BCUT2D eigenvalue weighted by molar-refractivity contribution is -0.127. The summed E-state index contributed by atoms with van der Waals surface area (Å²) in [4.78, 5) is 21.1. The third kappa shape index (κ3) is 5.68. The van der Waals surface area contributed by atoms with Gasteiger partial charge in [-0.05, 0) is 87.2 Å². The predicted molar refractivity (Wildman–Crippen MR) is 157 cm³/mol. The number of piperidine rings is 1. The van der Waals surface area contributed by atoms with E-state index in [9.17, 15) is 14.3 Å². The van der Waals surface area contributed by atoms with Crippen molar-refractivity contribution in [2.75, 3.05) is 38.0 Å². The number of likely N-dealkylation sites (tertiary alicyclic amines) is 2. The molecule has 2 fully saturated rings. The number of halogens is 2. The number of carbonyl (C=O) groups excluding carboxylic acids is 1. The number of aromatic nitrogens is 1. The number of nitrogens with zero attached hydrogens (tertiary/aromatic N) is 2. The Bertz CT molecular complexity index is 1500. The van der Waals surface area contributed by atoms with Crippen molar-refractivity contribution in [3.8, 4) is 5.88 Å². The molecule has 4 heterocycles. The van der Waals surface area contributed by atoms with Gasteiger partial charge >= 0.3 is 0 Å². The zero-order valence-corrected chi connectivity index (χ0v) is 23.4. The minimum Gasteiger partial charge on any atom is -0.494 e. The third-order valence-electron chi connectivity index (χ3n) is 8.65. The Labute approximate surface area is 238 Å². The maximum Gasteiger partial charge on any atom is 0.252 e. The van der Waals surface area contributed by atoms with E-state index in [1.807, 2.05) is 17.9 Å². The van der Waals surface area contributed by atoms with Gasteiger partial charge in [-0.15, -0.1) is 0 Å². The van der Waals surface area contributed by atoms with E-state index in [0.29, 0.717) is 23.0 Å². The first-order valence-corrected chi connectivity index (χ1v) is 14.6. The van der Waals surface area contributed by atoms with Gasteiger partial charge in [0.25, 0.3) is 5.91 Å². The van der Waals surface area contributed by atoms with Gasteiger partial charge in [-0.25, -0.2) is 8.78 Å². The first-order chi connectivity index (χ1) is 19.9. The van der Waals surface area contributed by atoms with E-state index >= 15 is 4.39 Å². The number of aromatic amines is 1. The summed E-state index contributed by atoms with van der Waals surface area (Å²) < 4.78 is 28.3. The van der Waals surface area contributed by atoms with E-state index < -0.39 is 5.82 Å². The SMILES string of the molecule is CC1=C2C(=O)N(CCN3CCCCC3)CCCC2NC1=Cc1c(O)[nH]c2cc(NCc3ccc(F)cc3)c(F)cc12. The first kappa shape index (κ1) is 27.3. The van der Waals surface area contributed by atoms with Crippen LogP contribution >= 0.6 is 0 Å². The van der Waals surface area contributed by atoms with E-state index in [-0.39, 0.29) is 29.3 Å². The number of anilines is 1. The molecule has 1 aromatic heterocycles. The molecule has 3 aliphatic heterocycles. The Kier molecular flexibility index (Phi) is 7.71. The molecule has 1 atom stereocenters. The molecule has 0 spiro atoms. The first-order valence-electron chi connectivity index (χ1n) is 14.6. The summed E-state index contributed by atoms with van der Waals surface area (Å²) >= 11 is 0. The van der Waals surface area contributed by atoms with Gasteiger partial charge in [0.2, 0.25) is 0 Å². The third-order valence-corrected chi connectivity index (χ3v) is 8.65. The summed E-state index contributed by atoms with van der Waals surface area (Å²) in [5.41, 5.74) is 4.58. The topological polar surface area (TPSA) is 83.6 Å². The van der Waals surface area contributed by atoms with Crippen LogP contribution in [0.2, 0.25) is 0 Å². The highest BCUT2D eigenvalue weighted by Gasteiger charge is 2.36. The van der Waals surface area contributed by atoms with Crippen molar-refractivity contribution in [2.24, 2.45) is 0 Å². The number of nitrogens with one attached hydrogen (secondary N) is 3. The number of hydrogen-bond donors (Lipinski definition) is 4. The Morgan fingerprint density at radius 2 is 1.83 bits per heavy atom. The highest BCUT2D eigenvalue weighted by Crippen LogP contribution is 2.36. The van der Waals surface area contributed by atoms with Crippen LogP contribution in [0.25, 0.3) is 17.0 Å². The van der Waals surface area contributed by atoms with Gasteiger partial charge in [0.15, 0.2) is 5.88 Å². The molecule has 2 saturated heterocycles. The van der Waals surface area contributed by atoms with Crippen LogP contribution in [-0.2, 0) is 11.3 Å². The van der Waals surface area contributed by atoms with E-state index in [0.717, 1.165) is 68.0 Å². The zero-order chi connectivity index (χ0) is 28.5. The second-order valence-corrected chi connectivity index (χ2v) is 11.4. The second kappa shape index (κ2) is 11.6. The number of aromatic hydroxyl groups is 1. The van der Waals surface area contributed by atoms with Gasteiger partial charge in [0.05, 0.1) is 17.2 Å². The lowest BCUT2D eigenvalue weighted by Gasteiger charge is -2.29. The molecule has 9 heteroatoms. The van der Waals surface area contributed by atoms with Crippen molar-refractivity contribution in [1.82, 2.24) is 20.1 Å². The Hall–Kier alpha value is -3.85. The molecule has 7 nitrogen and oxygen atoms in total. The molecule has 6 rings (SSSR count). The van der Waals surface area contributed by atoms with Crippen LogP contribution in [0.15, 0.2) is 53.2 Å². The van der Waals surface area contributed by atoms with Crippen molar-refractivity contribution in [2.45, 2.75) is 51.6 Å². The molecule has 0 radical (unpaired) electrons. The molecular weight excluding hydrogens is 524 g/mol. The lowest BCUT2D eigenvalue weighted by atomic mass is 10.0. The molecule has 4 N–H and O–H groups in total. The van der Waals surface area contributed by atoms with Gasteiger partial charge in [0.1, 0.15) is 11.6 Å². The second-order valence-electron chi connectivity index (χ2n) is 11.4. The molecule has 41 heavy (non-hydrogen) atoms. The van der Waals surface area contributed by atoms with Crippen molar-refractivity contribution >= 4 is 28.6 Å². The molecule has 0 bridgehead atoms. The van der Waals surface area contributed by atoms with E-state index in [1.54, 1.807) is 18.2 Å². The monoisotopic (exact) mass is 561 g/mol. The molecule has 2 aromatic carbocycles. The summed E-state index contributed by atoms with van der Waals surface area (Å²) in [7, 11) is 0. The van der Waals surface area contributed by atoms with Gasteiger partial charge in [0, 0.05) is 48.4 Å². The fraction of sp³-hybridized carbons (Fsp3) is 0.406. The molecule has 216 valence electrons. The summed E-state index contributed by atoms with van der Waals surface area (Å²) in [6.45, 7) is 6.91. The average Bonchev–Trinajstić information content (AvgIpc) is 3.38. The van der Waals surface area contributed by atoms with Crippen LogP contribution in [0.1, 0.15) is 50.2 Å². The van der Waals surface area contributed by atoms with Gasteiger partial charge in [-0.3, -0.25) is 4.79 Å². The Morgan fingerprint density at radius 1 is 1.05 bits per heavy atom. The van der Waals surface area contributed by atoms with Gasteiger partial charge < -0.3 is 30.5 Å². The number of carbonyl (C=O) groups is 1. The Balaban J connectivity index is 1.22. The maximum atomic E-state index is 15.1. The number of amides is 1. The van der Waals surface area contributed by atoms with Crippen LogP contribution < -0.4 is 10.6 Å². The fourth-order valence-corrected chi connectivity index (χ4v) is 6.31. The predicted octanol–water partition coefficient (Wildman–Crippen LogP) is 5.50. The minimum atomic E-state index is -0.461. The van der Waals surface area contributed by atoms with Crippen molar-refractivity contribution < 1.29 is 18.7 Å². The van der Waals surface area contributed by atoms with Crippen LogP contribution in [0.3, 0.4) is 0 Å². The largest absolute Gasteiger partial charge is 0.494 e. The van der Waals surface area contributed by atoms with Crippen LogP contribution in [0.5, 0.6) is 5.88 Å². The van der Waals surface area contributed by atoms with Crippen LogP contribution in [0, 0.1) is 11.6 Å². The highest BCUT2D eigenvalue weighted by atomic mass is 19.1. The molecule has 0 aliphatic carbocycles. The van der Waals surface area contributed by atoms with Crippen LogP contribution in [-0.4, -0.2) is 64.6 Å². The maximum absolute atomic E-state index is 15.1. The quantitative estimate of drug-likeness (QED) is 0.306. The van der Waals surface area contributed by atoms with Crippen molar-refractivity contribution in [1.29, 1.82) is 0 Å². The minimum absolute atomic E-state index is 0.0660. The number of allylic oxidation sites excluding steroid dienone is 1. The van der Waals surface area contributed by atoms with E-state index in [2.05, 4.69) is 20.5 Å². The smallest absolute Gasteiger partial charge is 0.252 e. The van der Waals surface area contributed by atoms with Gasteiger partial charge in [-0.1, -0.05) is 18.6 Å². The highest BCUT2D eigenvalue weighted by molar-refractivity contribution is 5.99.